The molecule has 0 atom stereocenters. The summed E-state index contributed by atoms with van der Waals surface area (Å²) < 4.78 is 39.1. The van der Waals surface area contributed by atoms with Gasteiger partial charge in [-0.05, 0) is 5.56 Å². The van der Waals surface area contributed by atoms with Gasteiger partial charge in [0.15, 0.2) is 11.5 Å². The van der Waals surface area contributed by atoms with Crippen molar-refractivity contribution in [2.75, 3.05) is 7.11 Å². The maximum Gasteiger partial charge on any atom is 0.278 e. The molecule has 142 valence electrons. The van der Waals surface area contributed by atoms with Gasteiger partial charge in [-0.25, -0.2) is 8.42 Å². The van der Waals surface area contributed by atoms with Gasteiger partial charge in [0.05, 0.1) is 18.0 Å². The average Bonchev–Trinajstić information content (AvgIpc) is 3.33. The van der Waals surface area contributed by atoms with Crippen LogP contribution in [0.1, 0.15) is 22.6 Å². The van der Waals surface area contributed by atoms with Crippen LogP contribution in [0.25, 0.3) is 11.6 Å². The first-order chi connectivity index (χ1) is 13.0. The van der Waals surface area contributed by atoms with E-state index in [0.29, 0.717) is 11.5 Å². The smallest absolute Gasteiger partial charge is 0.278 e. The summed E-state index contributed by atoms with van der Waals surface area (Å²) in [6.07, 6.45) is 0. The highest BCUT2D eigenvalue weighted by molar-refractivity contribution is 7.88. The first-order valence-corrected chi connectivity index (χ1v) is 9.97. The van der Waals surface area contributed by atoms with Crippen LogP contribution in [0.2, 0.25) is 0 Å². The van der Waals surface area contributed by atoms with Crippen molar-refractivity contribution in [3.8, 4) is 11.6 Å². The van der Waals surface area contributed by atoms with Gasteiger partial charge in [0.2, 0.25) is 10.0 Å². The number of hydrogen-bond donors (Lipinski definition) is 0. The lowest BCUT2D eigenvalue weighted by Gasteiger charge is -2.16. The third-order valence-corrected chi connectivity index (χ3v) is 6.21. The first-order valence-electron chi connectivity index (χ1n) is 8.36. The second-order valence-corrected chi connectivity index (χ2v) is 8.33. The minimum absolute atomic E-state index is 0.0386. The Morgan fingerprint density at radius 2 is 2.00 bits per heavy atom. The summed E-state index contributed by atoms with van der Waals surface area (Å²) in [5.74, 6) is 0.642. The second-order valence-electron chi connectivity index (χ2n) is 6.36. The number of hydrogen-bond acceptors (Lipinski definition) is 7. The summed E-state index contributed by atoms with van der Waals surface area (Å²) in [5, 5.41) is 8.28. The van der Waals surface area contributed by atoms with Gasteiger partial charge < -0.3 is 9.26 Å². The summed E-state index contributed by atoms with van der Waals surface area (Å²) in [7, 11) is -0.139. The Bertz CT molecular complexity index is 1060. The molecule has 0 N–H and O–H groups in total. The number of methoxy groups -OCH3 is 1. The number of sulfonamides is 1. The summed E-state index contributed by atoms with van der Waals surface area (Å²) in [4.78, 5) is 4.27. The molecule has 0 amide bonds. The highest BCUT2D eigenvalue weighted by Crippen LogP contribution is 2.33. The minimum Gasteiger partial charge on any atom is -0.377 e. The van der Waals surface area contributed by atoms with Gasteiger partial charge >= 0.3 is 0 Å². The zero-order valence-corrected chi connectivity index (χ0v) is 15.8. The van der Waals surface area contributed by atoms with Crippen LogP contribution in [0.5, 0.6) is 0 Å². The Morgan fingerprint density at radius 3 is 2.74 bits per heavy atom. The molecule has 9 nitrogen and oxygen atoms in total. The summed E-state index contributed by atoms with van der Waals surface area (Å²) in [6.45, 7) is 0.735. The SMILES string of the molecule is COCc1noc(-c2nn(C)c3c2CN(S(=O)(=O)Cc2ccccc2)C3)n1. The van der Waals surface area contributed by atoms with Crippen LogP contribution in [0.4, 0.5) is 0 Å². The monoisotopic (exact) mass is 389 g/mol. The molecule has 27 heavy (non-hydrogen) atoms. The molecule has 4 rings (SSSR count). The van der Waals surface area contributed by atoms with Crippen LogP contribution in [0, 0.1) is 0 Å². The highest BCUT2D eigenvalue weighted by Gasteiger charge is 2.35. The molecule has 0 radical (unpaired) electrons. The van der Waals surface area contributed by atoms with Crippen molar-refractivity contribution in [3.63, 3.8) is 0 Å². The highest BCUT2D eigenvalue weighted by atomic mass is 32.2. The standard InChI is InChI=1S/C17H19N5O4S/c1-21-14-9-22(27(23,24)11-12-6-4-3-5-7-12)8-13(14)16(19-21)17-18-15(10-25-2)20-26-17/h3-7H,8-11H2,1-2H3. The topological polar surface area (TPSA) is 103 Å². The molecule has 10 heteroatoms. The van der Waals surface area contributed by atoms with E-state index in [1.54, 1.807) is 18.8 Å². The Balaban J connectivity index is 1.60. The zero-order chi connectivity index (χ0) is 19.0. The third kappa shape index (κ3) is 3.38. The molecule has 0 unspecified atom stereocenters. The molecule has 0 aliphatic carbocycles. The van der Waals surface area contributed by atoms with Crippen molar-refractivity contribution in [2.45, 2.75) is 25.4 Å². The molecule has 0 saturated heterocycles. The van der Waals surface area contributed by atoms with Crippen molar-refractivity contribution in [3.05, 3.63) is 53.0 Å². The van der Waals surface area contributed by atoms with Crippen molar-refractivity contribution in [2.24, 2.45) is 7.05 Å². The van der Waals surface area contributed by atoms with E-state index in [-0.39, 0.29) is 31.3 Å². The largest absolute Gasteiger partial charge is 0.377 e. The molecule has 0 fully saturated rings. The Labute approximate surface area is 156 Å². The van der Waals surface area contributed by atoms with Crippen molar-refractivity contribution in [1.29, 1.82) is 0 Å². The van der Waals surface area contributed by atoms with E-state index >= 15 is 0 Å². The van der Waals surface area contributed by atoms with Gasteiger partial charge in [0.25, 0.3) is 5.89 Å². The summed E-state index contributed by atoms with van der Waals surface area (Å²) in [5.41, 5.74) is 2.89. The number of aryl methyl sites for hydroxylation is 1. The molecule has 0 saturated carbocycles. The van der Waals surface area contributed by atoms with Crippen LogP contribution in [-0.4, -0.2) is 39.8 Å². The van der Waals surface area contributed by atoms with Gasteiger partial charge in [-0.1, -0.05) is 35.5 Å². The van der Waals surface area contributed by atoms with Crippen molar-refractivity contribution >= 4 is 10.0 Å². The van der Waals surface area contributed by atoms with E-state index in [2.05, 4.69) is 15.2 Å². The van der Waals surface area contributed by atoms with Gasteiger partial charge in [-0.3, -0.25) is 4.68 Å². The number of fused-ring (bicyclic) bond motifs is 1. The quantitative estimate of drug-likeness (QED) is 0.629. The number of rotatable bonds is 6. The zero-order valence-electron chi connectivity index (χ0n) is 15.0. The van der Waals surface area contributed by atoms with Crippen LogP contribution in [-0.2, 0) is 47.3 Å². The lowest BCUT2D eigenvalue weighted by molar-refractivity contribution is 0.174. The lowest BCUT2D eigenvalue weighted by atomic mass is 10.2. The number of aromatic nitrogens is 4. The second kappa shape index (κ2) is 6.87. The molecular weight excluding hydrogens is 370 g/mol. The fourth-order valence-corrected chi connectivity index (χ4v) is 4.59. The van der Waals surface area contributed by atoms with Crippen molar-refractivity contribution in [1.82, 2.24) is 24.2 Å². The predicted octanol–water partition coefficient (Wildman–Crippen LogP) is 1.46. The maximum absolute atomic E-state index is 12.8. The molecule has 0 bridgehead atoms. The van der Waals surface area contributed by atoms with Gasteiger partial charge in [0.1, 0.15) is 6.61 Å². The fourth-order valence-electron chi connectivity index (χ4n) is 3.15. The van der Waals surface area contributed by atoms with Gasteiger partial charge in [-0.15, -0.1) is 0 Å². The Kier molecular flexibility index (Phi) is 4.54. The van der Waals surface area contributed by atoms with E-state index in [1.807, 2.05) is 30.3 Å². The summed E-state index contributed by atoms with van der Waals surface area (Å²) in [6, 6.07) is 9.15. The van der Waals surface area contributed by atoms with Crippen LogP contribution in [0.3, 0.4) is 0 Å². The molecular formula is C17H19N5O4S. The van der Waals surface area contributed by atoms with E-state index in [9.17, 15) is 8.42 Å². The number of nitrogens with zero attached hydrogens (tertiary/aromatic N) is 5. The van der Waals surface area contributed by atoms with E-state index in [4.69, 9.17) is 9.26 Å². The first kappa shape index (κ1) is 17.8. The third-order valence-electron chi connectivity index (χ3n) is 4.46. The predicted molar refractivity (Wildman–Crippen MR) is 95.5 cm³/mol. The van der Waals surface area contributed by atoms with Crippen LogP contribution < -0.4 is 0 Å². The van der Waals surface area contributed by atoms with Crippen LogP contribution in [0.15, 0.2) is 34.9 Å². The molecule has 0 spiro atoms. The van der Waals surface area contributed by atoms with E-state index in [0.717, 1.165) is 16.8 Å². The molecule has 1 aliphatic rings. The van der Waals surface area contributed by atoms with E-state index in [1.165, 1.54) is 4.31 Å². The average molecular weight is 389 g/mol. The molecule has 2 aromatic heterocycles. The van der Waals surface area contributed by atoms with Gasteiger partial charge in [0, 0.05) is 26.3 Å². The normalized spacial score (nSPS) is 14.6. The molecule has 3 heterocycles. The van der Waals surface area contributed by atoms with Crippen molar-refractivity contribution < 1.29 is 17.7 Å². The lowest BCUT2D eigenvalue weighted by Crippen LogP contribution is -2.27. The number of benzene rings is 1. The minimum atomic E-state index is -3.46. The molecule has 1 aliphatic heterocycles. The van der Waals surface area contributed by atoms with Crippen LogP contribution >= 0.6 is 0 Å². The number of ether oxygens (including phenoxy) is 1. The molecule has 1 aromatic carbocycles. The fraction of sp³-hybridized carbons (Fsp3) is 0.353. The maximum atomic E-state index is 12.8. The van der Waals surface area contributed by atoms with Gasteiger partial charge in [-0.2, -0.15) is 14.4 Å². The van der Waals surface area contributed by atoms with E-state index < -0.39 is 10.0 Å². The molecule has 3 aromatic rings. The Hall–Kier alpha value is -2.56. The summed E-state index contributed by atoms with van der Waals surface area (Å²) >= 11 is 0. The Morgan fingerprint density at radius 1 is 1.22 bits per heavy atom.